The van der Waals surface area contributed by atoms with Crippen LogP contribution in [0.2, 0.25) is 0 Å². The predicted octanol–water partition coefficient (Wildman–Crippen LogP) is 4.50. The van der Waals surface area contributed by atoms with Crippen molar-refractivity contribution in [3.63, 3.8) is 0 Å². The van der Waals surface area contributed by atoms with Crippen molar-refractivity contribution in [1.82, 2.24) is 10.3 Å². The molecule has 1 amide bonds. The van der Waals surface area contributed by atoms with Gasteiger partial charge in [-0.05, 0) is 63.3 Å². The molecule has 1 aromatic carbocycles. The second kappa shape index (κ2) is 7.83. The van der Waals surface area contributed by atoms with E-state index in [2.05, 4.69) is 35.6 Å². The number of nitrogens with zero attached hydrogens (tertiary/aromatic N) is 1. The van der Waals surface area contributed by atoms with Crippen molar-refractivity contribution >= 4 is 28.2 Å². The third-order valence-electron chi connectivity index (χ3n) is 4.43. The van der Waals surface area contributed by atoms with Gasteiger partial charge in [-0.15, -0.1) is 11.3 Å². The fourth-order valence-electron chi connectivity index (χ4n) is 2.86. The van der Waals surface area contributed by atoms with Gasteiger partial charge in [0.25, 0.3) is 0 Å². The molecule has 0 aliphatic rings. The molecule has 25 heavy (non-hydrogen) atoms. The maximum Gasteiger partial charge on any atom is 0.224 e. The molecule has 3 aromatic rings. The van der Waals surface area contributed by atoms with E-state index in [0.717, 1.165) is 41.5 Å². The lowest BCUT2D eigenvalue weighted by Crippen LogP contribution is -2.26. The van der Waals surface area contributed by atoms with Gasteiger partial charge < -0.3 is 9.73 Å². The Hall–Kier alpha value is -2.14. The number of carbonyl (C=O) groups excluding carboxylic acids is 1. The van der Waals surface area contributed by atoms with E-state index in [1.54, 1.807) is 17.6 Å². The third-order valence-corrected chi connectivity index (χ3v) is 5.45. The molecule has 0 spiro atoms. The summed E-state index contributed by atoms with van der Waals surface area (Å²) in [4.78, 5) is 16.6. The smallest absolute Gasteiger partial charge is 0.224 e. The highest BCUT2D eigenvalue weighted by atomic mass is 32.1. The number of aromatic nitrogens is 1. The average molecular weight is 356 g/mol. The van der Waals surface area contributed by atoms with E-state index in [1.807, 2.05) is 13.0 Å². The van der Waals surface area contributed by atoms with Crippen molar-refractivity contribution in [2.24, 2.45) is 0 Å². The van der Waals surface area contributed by atoms with E-state index in [1.165, 1.54) is 16.1 Å². The zero-order valence-corrected chi connectivity index (χ0v) is 15.8. The first-order valence-corrected chi connectivity index (χ1v) is 9.56. The van der Waals surface area contributed by atoms with Gasteiger partial charge in [-0.3, -0.25) is 4.79 Å². The number of thiazole rings is 1. The first kappa shape index (κ1) is 17.7. The summed E-state index contributed by atoms with van der Waals surface area (Å²) in [5.41, 5.74) is 5.31. The van der Waals surface area contributed by atoms with Gasteiger partial charge in [0.15, 0.2) is 0 Å². The van der Waals surface area contributed by atoms with Crippen molar-refractivity contribution in [3.05, 3.63) is 51.2 Å². The number of amides is 1. The van der Waals surface area contributed by atoms with E-state index in [0.29, 0.717) is 13.0 Å². The maximum atomic E-state index is 12.2. The lowest BCUT2D eigenvalue weighted by Gasteiger charge is -2.05. The second-order valence-electron chi connectivity index (χ2n) is 6.56. The zero-order valence-electron chi connectivity index (χ0n) is 15.0. The lowest BCUT2D eigenvalue weighted by molar-refractivity contribution is -0.120. The van der Waals surface area contributed by atoms with Crippen LogP contribution < -0.4 is 5.32 Å². The van der Waals surface area contributed by atoms with Gasteiger partial charge in [0.05, 0.1) is 17.7 Å². The Morgan fingerprint density at radius 1 is 1.20 bits per heavy atom. The molecule has 132 valence electrons. The summed E-state index contributed by atoms with van der Waals surface area (Å²) in [5, 5.41) is 7.30. The number of hydrogen-bond donors (Lipinski definition) is 1. The lowest BCUT2D eigenvalue weighted by atomic mass is 10.0. The Morgan fingerprint density at radius 2 is 2.00 bits per heavy atom. The first-order chi connectivity index (χ1) is 12.0. The molecule has 0 radical (unpaired) electrons. The second-order valence-corrected chi connectivity index (χ2v) is 7.50. The van der Waals surface area contributed by atoms with Crippen molar-refractivity contribution in [1.29, 1.82) is 0 Å². The van der Waals surface area contributed by atoms with Crippen molar-refractivity contribution in [2.75, 3.05) is 6.54 Å². The number of fused-ring (bicyclic) bond motifs is 1. The first-order valence-electron chi connectivity index (χ1n) is 8.68. The molecule has 0 saturated heterocycles. The fraction of sp³-hybridized carbons (Fsp3) is 0.400. The Kier molecular flexibility index (Phi) is 5.53. The minimum atomic E-state index is 0.0472. The quantitative estimate of drug-likeness (QED) is 0.634. The molecule has 0 saturated carbocycles. The molecular weight excluding hydrogens is 332 g/mol. The zero-order chi connectivity index (χ0) is 17.8. The summed E-state index contributed by atoms with van der Waals surface area (Å²) in [6.45, 7) is 6.87. The predicted molar refractivity (Wildman–Crippen MR) is 102 cm³/mol. The molecule has 0 unspecified atom stereocenters. The van der Waals surface area contributed by atoms with Crippen LogP contribution in [0.3, 0.4) is 0 Å². The van der Waals surface area contributed by atoms with Gasteiger partial charge in [-0.25, -0.2) is 4.98 Å². The van der Waals surface area contributed by atoms with E-state index >= 15 is 0 Å². The number of unbranched alkanes of at least 4 members (excludes halogenated alkanes) is 1. The molecule has 0 fully saturated rings. The van der Waals surface area contributed by atoms with Gasteiger partial charge in [0.2, 0.25) is 5.91 Å². The number of hydrogen-bond acceptors (Lipinski definition) is 4. The minimum Gasteiger partial charge on any atom is -0.464 e. The molecule has 0 aliphatic heterocycles. The number of benzene rings is 1. The van der Waals surface area contributed by atoms with Gasteiger partial charge in [0.1, 0.15) is 5.58 Å². The van der Waals surface area contributed by atoms with Crippen molar-refractivity contribution in [3.8, 4) is 0 Å². The van der Waals surface area contributed by atoms with Crippen LogP contribution in [-0.2, 0) is 17.6 Å². The Balaban J connectivity index is 1.45. The van der Waals surface area contributed by atoms with Crippen LogP contribution in [-0.4, -0.2) is 17.4 Å². The highest BCUT2D eigenvalue weighted by molar-refractivity contribution is 7.09. The summed E-state index contributed by atoms with van der Waals surface area (Å²) in [6, 6.07) is 4.14. The van der Waals surface area contributed by atoms with Crippen molar-refractivity contribution < 1.29 is 9.21 Å². The van der Waals surface area contributed by atoms with Gasteiger partial charge in [-0.2, -0.15) is 0 Å². The highest BCUT2D eigenvalue weighted by Crippen LogP contribution is 2.25. The van der Waals surface area contributed by atoms with Crippen LogP contribution in [0.4, 0.5) is 0 Å². The number of aryl methyl sites for hydroxylation is 4. The van der Waals surface area contributed by atoms with Crippen LogP contribution in [0, 0.1) is 20.8 Å². The topological polar surface area (TPSA) is 55.1 Å². The molecule has 3 rings (SSSR count). The molecule has 0 bridgehead atoms. The van der Waals surface area contributed by atoms with Crippen LogP contribution in [0.25, 0.3) is 11.0 Å². The normalized spacial score (nSPS) is 11.2. The highest BCUT2D eigenvalue weighted by Gasteiger charge is 2.11. The summed E-state index contributed by atoms with van der Waals surface area (Å²) in [7, 11) is 0. The Bertz CT molecular complexity index is 879. The summed E-state index contributed by atoms with van der Waals surface area (Å²) >= 11 is 1.71. The van der Waals surface area contributed by atoms with E-state index in [4.69, 9.17) is 4.42 Å². The number of nitrogens with one attached hydrogen (secondary N) is 1. The van der Waals surface area contributed by atoms with Crippen molar-refractivity contribution in [2.45, 2.75) is 46.5 Å². The molecular formula is C20H24N2O2S. The fourth-order valence-corrected chi connectivity index (χ4v) is 3.67. The van der Waals surface area contributed by atoms with E-state index in [9.17, 15) is 4.79 Å². The maximum absolute atomic E-state index is 12.2. The number of carbonyl (C=O) groups is 1. The van der Waals surface area contributed by atoms with Gasteiger partial charge in [0, 0.05) is 28.6 Å². The molecule has 0 atom stereocenters. The molecule has 4 nitrogen and oxygen atoms in total. The minimum absolute atomic E-state index is 0.0472. The van der Waals surface area contributed by atoms with Crippen LogP contribution >= 0.6 is 11.3 Å². The van der Waals surface area contributed by atoms with E-state index in [-0.39, 0.29) is 5.91 Å². The summed E-state index contributed by atoms with van der Waals surface area (Å²) in [6.07, 6.45) is 5.06. The molecule has 2 heterocycles. The number of rotatable bonds is 7. The summed E-state index contributed by atoms with van der Waals surface area (Å²) < 4.78 is 5.59. The Labute approximate surface area is 152 Å². The molecule has 1 N–H and O–H groups in total. The number of furan rings is 1. The van der Waals surface area contributed by atoms with E-state index < -0.39 is 0 Å². The molecule has 2 aromatic heterocycles. The van der Waals surface area contributed by atoms with Crippen LogP contribution in [0.1, 0.15) is 40.2 Å². The van der Waals surface area contributed by atoms with Crippen LogP contribution in [0.15, 0.2) is 28.2 Å². The van der Waals surface area contributed by atoms with Crippen LogP contribution in [0.5, 0.6) is 0 Å². The molecule has 5 heteroatoms. The third kappa shape index (κ3) is 4.48. The van der Waals surface area contributed by atoms with Gasteiger partial charge >= 0.3 is 0 Å². The molecule has 0 aliphatic carbocycles. The Morgan fingerprint density at radius 3 is 2.76 bits per heavy atom. The van der Waals surface area contributed by atoms with Gasteiger partial charge in [-0.1, -0.05) is 0 Å². The summed E-state index contributed by atoms with van der Waals surface area (Å²) in [5.74, 6) is 0.0472. The standard InChI is InChI=1S/C20H24N2O2S/c1-13-8-17-16(11-24-18(17)9-14(13)2)10-19(23)21-7-5-4-6-20-22-15(3)12-25-20/h8-9,11-12H,4-7,10H2,1-3H3,(H,21,23). The largest absolute Gasteiger partial charge is 0.464 e. The average Bonchev–Trinajstić information content (AvgIpc) is 3.15. The SMILES string of the molecule is Cc1csc(CCCCNC(=O)Cc2coc3cc(C)c(C)cc23)n1. The monoisotopic (exact) mass is 356 g/mol.